The lowest BCUT2D eigenvalue weighted by molar-refractivity contribution is 1.13. The molecule has 0 radical (unpaired) electrons. The summed E-state index contributed by atoms with van der Waals surface area (Å²) in [7, 11) is 16.7. The van der Waals surface area contributed by atoms with Crippen LogP contribution in [0.3, 0.4) is 0 Å². The minimum atomic E-state index is 1.18. The van der Waals surface area contributed by atoms with Crippen molar-refractivity contribution in [1.82, 2.24) is 0 Å². The first-order chi connectivity index (χ1) is 24.1. The van der Waals surface area contributed by atoms with Crippen LogP contribution in [0.2, 0.25) is 0 Å². The third-order valence-electron chi connectivity index (χ3n) is 9.35. The van der Waals surface area contributed by atoms with Crippen LogP contribution in [0.1, 0.15) is 33.4 Å². The number of hydrogen-bond donors (Lipinski definition) is 0. The minimum absolute atomic E-state index is 1.18. The Hall–Kier alpha value is -5.74. The van der Waals surface area contributed by atoms with Crippen LogP contribution >= 0.6 is 0 Å². The van der Waals surface area contributed by atoms with Crippen LogP contribution in [0.15, 0.2) is 133 Å². The Morgan fingerprint density at radius 1 is 0.340 bits per heavy atom. The normalized spacial score (nSPS) is 10.8. The van der Waals surface area contributed by atoms with E-state index in [1.54, 1.807) is 0 Å². The summed E-state index contributed by atoms with van der Waals surface area (Å²) >= 11 is 0. The van der Waals surface area contributed by atoms with Gasteiger partial charge in [-0.3, -0.25) is 0 Å². The van der Waals surface area contributed by atoms with Gasteiger partial charge in [0, 0.05) is 79.1 Å². The number of hydrogen-bond acceptors (Lipinski definition) is 4. The van der Waals surface area contributed by atoms with Gasteiger partial charge in [-0.25, -0.2) is 0 Å². The molecule has 0 spiro atoms. The van der Waals surface area contributed by atoms with E-state index in [0.717, 1.165) is 0 Å². The average Bonchev–Trinajstić information content (AvgIpc) is 3.25. The van der Waals surface area contributed by atoms with Crippen LogP contribution in [0.5, 0.6) is 0 Å². The molecule has 4 aromatic carbocycles. The van der Waals surface area contributed by atoms with Crippen molar-refractivity contribution in [2.45, 2.75) is 0 Å². The molecule has 4 aromatic rings. The predicted octanol–water partition coefficient (Wildman–Crippen LogP) is 10.2. The van der Waals surface area contributed by atoms with E-state index in [4.69, 9.17) is 0 Å². The van der Waals surface area contributed by atoms with Gasteiger partial charge in [-0.2, -0.15) is 0 Å². The zero-order valence-corrected chi connectivity index (χ0v) is 30.6. The molecule has 0 aliphatic heterocycles. The summed E-state index contributed by atoms with van der Waals surface area (Å²) < 4.78 is 0. The number of benzene rings is 4. The molecule has 6 rings (SSSR count). The van der Waals surface area contributed by atoms with Gasteiger partial charge in [-0.05, 0) is 122 Å². The molecular weight excluding hydrogens is 609 g/mol. The summed E-state index contributed by atoms with van der Waals surface area (Å²) in [5.74, 6) is 0. The molecule has 0 N–H and O–H groups in total. The second-order valence-corrected chi connectivity index (χ2v) is 13.7. The molecule has 0 atom stereocenters. The summed E-state index contributed by atoms with van der Waals surface area (Å²) in [5, 5.41) is 0. The molecule has 0 aromatic heterocycles. The molecule has 50 heavy (non-hydrogen) atoms. The van der Waals surface area contributed by atoms with Crippen LogP contribution in [-0.4, -0.2) is 56.4 Å². The van der Waals surface area contributed by atoms with Gasteiger partial charge in [-0.15, -0.1) is 0 Å². The van der Waals surface area contributed by atoms with Gasteiger partial charge in [0.25, 0.3) is 0 Å². The van der Waals surface area contributed by atoms with Gasteiger partial charge in [-0.1, -0.05) is 78.9 Å². The summed E-state index contributed by atoms with van der Waals surface area (Å²) in [6, 6.07) is 48.7. The number of fused-ring (bicyclic) bond motifs is 1. The minimum Gasteiger partial charge on any atom is -0.378 e. The van der Waals surface area contributed by atoms with E-state index >= 15 is 0 Å². The highest BCUT2D eigenvalue weighted by atomic mass is 15.1. The second-order valence-electron chi connectivity index (χ2n) is 13.7. The summed E-state index contributed by atoms with van der Waals surface area (Å²) in [6.07, 6.45) is 4.73. The number of anilines is 4. The summed E-state index contributed by atoms with van der Waals surface area (Å²) in [5.41, 5.74) is 16.7. The van der Waals surface area contributed by atoms with Gasteiger partial charge in [0.1, 0.15) is 0 Å². The Labute approximate surface area is 299 Å². The molecule has 0 saturated carbocycles. The van der Waals surface area contributed by atoms with Crippen molar-refractivity contribution >= 4 is 46.0 Å². The number of nitrogens with zero attached hydrogens (tertiary/aromatic N) is 4. The maximum absolute atomic E-state index is 2.37. The molecule has 252 valence electrons. The third kappa shape index (κ3) is 7.45. The van der Waals surface area contributed by atoms with Crippen molar-refractivity contribution in [2.75, 3.05) is 76.0 Å². The summed E-state index contributed by atoms with van der Waals surface area (Å²) in [6.45, 7) is 0. The lowest BCUT2D eigenvalue weighted by Crippen LogP contribution is -2.08. The topological polar surface area (TPSA) is 13.0 Å². The molecule has 0 heterocycles. The van der Waals surface area contributed by atoms with E-state index in [0.29, 0.717) is 0 Å². The van der Waals surface area contributed by atoms with E-state index in [9.17, 15) is 0 Å². The van der Waals surface area contributed by atoms with Gasteiger partial charge in [0.15, 0.2) is 0 Å². The Bertz CT molecular complexity index is 1810. The highest BCUT2D eigenvalue weighted by molar-refractivity contribution is 6.01. The van der Waals surface area contributed by atoms with Crippen LogP contribution in [0.25, 0.3) is 34.4 Å². The first-order valence-corrected chi connectivity index (χ1v) is 17.2. The lowest BCUT2D eigenvalue weighted by atomic mass is 9.94. The van der Waals surface area contributed by atoms with Gasteiger partial charge < -0.3 is 19.6 Å². The fourth-order valence-corrected chi connectivity index (χ4v) is 6.35. The molecular formula is C46H48N4. The van der Waals surface area contributed by atoms with Crippen molar-refractivity contribution in [1.29, 1.82) is 0 Å². The maximum Gasteiger partial charge on any atom is 0.0361 e. The Balaban J connectivity index is 1.55. The van der Waals surface area contributed by atoms with Crippen molar-refractivity contribution in [3.05, 3.63) is 167 Å². The smallest absolute Gasteiger partial charge is 0.0361 e. The van der Waals surface area contributed by atoms with Crippen LogP contribution in [0.4, 0.5) is 22.7 Å². The lowest BCUT2D eigenvalue weighted by Gasteiger charge is -2.16. The molecule has 0 fully saturated rings. The van der Waals surface area contributed by atoms with Crippen LogP contribution in [-0.2, 0) is 0 Å². The van der Waals surface area contributed by atoms with Gasteiger partial charge in [0.2, 0.25) is 0 Å². The summed E-state index contributed by atoms with van der Waals surface area (Å²) in [4.78, 5) is 8.56. The predicted molar refractivity (Wildman–Crippen MR) is 220 cm³/mol. The van der Waals surface area contributed by atoms with Crippen molar-refractivity contribution < 1.29 is 0 Å². The van der Waals surface area contributed by atoms with Crippen molar-refractivity contribution in [3.63, 3.8) is 0 Å². The van der Waals surface area contributed by atoms with Crippen LogP contribution in [0, 0.1) is 0 Å². The molecule has 2 aliphatic carbocycles. The maximum atomic E-state index is 2.37. The van der Waals surface area contributed by atoms with Gasteiger partial charge in [0.05, 0.1) is 0 Å². The highest BCUT2D eigenvalue weighted by Gasteiger charge is 2.17. The van der Waals surface area contributed by atoms with Crippen molar-refractivity contribution in [2.24, 2.45) is 0 Å². The van der Waals surface area contributed by atoms with E-state index < -0.39 is 0 Å². The number of rotatable bonds is 10. The fourth-order valence-electron chi connectivity index (χ4n) is 6.35. The van der Waals surface area contributed by atoms with E-state index in [2.05, 4.69) is 222 Å². The van der Waals surface area contributed by atoms with E-state index in [1.807, 2.05) is 0 Å². The monoisotopic (exact) mass is 656 g/mol. The third-order valence-corrected chi connectivity index (χ3v) is 9.35. The SMILES string of the molecule is CN(C)c1ccc(C(=Cc2cc(C=C(c3ccc(N(C)C)cc3)c3ccc(N(C)C)cc3)c3cccccc2-3)c2ccc(N(C)C)cc2)cc1. The molecule has 4 heteroatoms. The first-order valence-electron chi connectivity index (χ1n) is 17.2. The zero-order valence-electron chi connectivity index (χ0n) is 30.6. The second kappa shape index (κ2) is 14.8. The highest BCUT2D eigenvalue weighted by Crippen LogP contribution is 2.39. The fraction of sp³-hybridized carbons (Fsp3) is 0.174. The van der Waals surface area contributed by atoms with Crippen molar-refractivity contribution in [3.8, 4) is 11.1 Å². The molecule has 0 saturated heterocycles. The van der Waals surface area contributed by atoms with E-state index in [-0.39, 0.29) is 0 Å². The molecule has 0 unspecified atom stereocenters. The Morgan fingerprint density at radius 2 is 0.600 bits per heavy atom. The Kier molecular flexibility index (Phi) is 10.1. The zero-order chi connectivity index (χ0) is 35.4. The first kappa shape index (κ1) is 34.1. The quantitative estimate of drug-likeness (QED) is 0.145. The molecule has 0 bridgehead atoms. The Morgan fingerprint density at radius 3 is 0.840 bits per heavy atom. The van der Waals surface area contributed by atoms with Crippen LogP contribution < -0.4 is 19.6 Å². The average molecular weight is 657 g/mol. The largest absolute Gasteiger partial charge is 0.378 e. The standard InChI is InChI=1S/C46H48N4/c1-47(2)39-22-14-33(15-23-39)45(34-16-24-40(25-17-34)48(3)4)31-37-30-38(44-13-11-9-10-12-43(37)44)32-46(35-18-26-41(27-19-35)49(5)6)36-20-28-42(29-21-36)50(7)8/h9-32H,1-8H3. The molecule has 2 aliphatic rings. The molecule has 0 amide bonds. The van der Waals surface area contributed by atoms with E-state index in [1.165, 1.54) is 78.4 Å². The molecule has 4 nitrogen and oxygen atoms in total. The van der Waals surface area contributed by atoms with Gasteiger partial charge >= 0.3 is 0 Å².